The van der Waals surface area contributed by atoms with Gasteiger partial charge in [-0.25, -0.2) is 4.99 Å². The van der Waals surface area contributed by atoms with Crippen molar-refractivity contribution >= 4 is 34.1 Å². The zero-order chi connectivity index (χ0) is 29.1. The molecule has 1 aliphatic rings. The van der Waals surface area contributed by atoms with Crippen LogP contribution in [0.2, 0.25) is 0 Å². The topological polar surface area (TPSA) is 73.1 Å². The summed E-state index contributed by atoms with van der Waals surface area (Å²) in [5.41, 5.74) is 2.26. The highest BCUT2D eigenvalue weighted by Crippen LogP contribution is 2.40. The Labute approximate surface area is 242 Å². The van der Waals surface area contributed by atoms with E-state index in [9.17, 15) is 9.59 Å². The molecule has 7 nitrogen and oxygen atoms in total. The van der Waals surface area contributed by atoms with E-state index in [0.29, 0.717) is 45.2 Å². The van der Waals surface area contributed by atoms with E-state index in [0.717, 1.165) is 21.9 Å². The fourth-order valence-corrected chi connectivity index (χ4v) is 6.31. The lowest BCUT2D eigenvalue weighted by Crippen LogP contribution is -2.43. The monoisotopic (exact) mass is 565 g/mol. The van der Waals surface area contributed by atoms with Crippen LogP contribution in [0.1, 0.15) is 37.9 Å². The second-order valence-electron chi connectivity index (χ2n) is 9.49. The van der Waals surface area contributed by atoms with Crippen LogP contribution in [-0.4, -0.2) is 42.2 Å². The summed E-state index contributed by atoms with van der Waals surface area (Å²) in [7, 11) is 1.60. The summed E-state index contributed by atoms with van der Waals surface area (Å²) in [6, 6.07) is 18.5. The van der Waals surface area contributed by atoms with Crippen molar-refractivity contribution < 1.29 is 14.3 Å². The normalized spacial score (nSPS) is 14.8. The molecule has 5 rings (SSSR count). The first kappa shape index (κ1) is 27.9. The smallest absolute Gasteiger partial charge is 0.271 e. The van der Waals surface area contributed by atoms with Crippen LogP contribution >= 0.6 is 11.3 Å². The number of ether oxygens (including phenoxy) is 2. The zero-order valence-corrected chi connectivity index (χ0v) is 24.3. The van der Waals surface area contributed by atoms with Crippen LogP contribution in [0.3, 0.4) is 0 Å². The molecule has 1 amide bonds. The van der Waals surface area contributed by atoms with Gasteiger partial charge in [0.15, 0.2) is 4.80 Å². The molecule has 0 saturated heterocycles. The van der Waals surface area contributed by atoms with Gasteiger partial charge in [0.1, 0.15) is 24.1 Å². The van der Waals surface area contributed by atoms with E-state index in [-0.39, 0.29) is 18.1 Å². The number of nitrogens with zero attached hydrogens (tertiary/aromatic N) is 3. The first-order valence-electron chi connectivity index (χ1n) is 13.5. The Bertz CT molecular complexity index is 1890. The van der Waals surface area contributed by atoms with Crippen LogP contribution in [0.5, 0.6) is 11.5 Å². The minimum atomic E-state index is -0.740. The number of hydrogen-bond acceptors (Lipinski definition) is 6. The molecule has 208 valence electrons. The van der Waals surface area contributed by atoms with E-state index in [1.54, 1.807) is 22.7 Å². The van der Waals surface area contributed by atoms with Gasteiger partial charge in [-0.2, -0.15) is 0 Å². The Balaban J connectivity index is 1.83. The molecule has 0 spiro atoms. The van der Waals surface area contributed by atoms with Crippen molar-refractivity contribution in [3.63, 3.8) is 0 Å². The van der Waals surface area contributed by atoms with Crippen LogP contribution in [0, 0.1) is 12.3 Å². The maximum absolute atomic E-state index is 14.3. The Morgan fingerprint density at radius 3 is 2.56 bits per heavy atom. The molecular formula is C33H31N3O4S. The van der Waals surface area contributed by atoms with Crippen molar-refractivity contribution in [2.24, 2.45) is 4.99 Å². The average Bonchev–Trinajstić information content (AvgIpc) is 3.29. The van der Waals surface area contributed by atoms with E-state index in [1.807, 2.05) is 81.4 Å². The largest absolute Gasteiger partial charge is 0.496 e. The molecule has 0 aliphatic carbocycles. The number of hydrogen-bond donors (Lipinski definition) is 0. The Hall–Kier alpha value is -4.61. The van der Waals surface area contributed by atoms with E-state index in [2.05, 4.69) is 5.92 Å². The lowest BCUT2D eigenvalue weighted by molar-refractivity contribution is -0.127. The number of carbonyl (C=O) groups excluding carboxylic acids is 1. The van der Waals surface area contributed by atoms with Gasteiger partial charge < -0.3 is 14.4 Å². The Morgan fingerprint density at radius 2 is 1.83 bits per heavy atom. The van der Waals surface area contributed by atoms with Crippen LogP contribution in [-0.2, 0) is 4.79 Å². The molecule has 0 unspecified atom stereocenters. The standard InChI is InChI=1S/C33H31N3O4S/c1-6-19-40-25-16-12-10-14-23(25)20-27-31(37)36-30(29-24-15-11-9-13-22(24)17-18-26(29)39-5)28(21(4)34-33(36)41-27)32(38)35(7-2)8-3/h1,9-18,20,30H,7-8,19H2,2-5H3/b27-20+/t30-/m1/s1. The fourth-order valence-electron chi connectivity index (χ4n) is 5.28. The van der Waals surface area contributed by atoms with Crippen molar-refractivity contribution in [2.45, 2.75) is 26.8 Å². The molecular weight excluding hydrogens is 534 g/mol. The van der Waals surface area contributed by atoms with Crippen molar-refractivity contribution in [3.05, 3.63) is 103 Å². The molecule has 41 heavy (non-hydrogen) atoms. The molecule has 0 saturated carbocycles. The predicted octanol–water partition coefficient (Wildman–Crippen LogP) is 4.28. The molecule has 0 bridgehead atoms. The minimum Gasteiger partial charge on any atom is -0.496 e. The van der Waals surface area contributed by atoms with E-state index < -0.39 is 6.04 Å². The summed E-state index contributed by atoms with van der Waals surface area (Å²) < 4.78 is 13.7. The predicted molar refractivity (Wildman–Crippen MR) is 163 cm³/mol. The summed E-state index contributed by atoms with van der Waals surface area (Å²) >= 11 is 1.28. The quantitative estimate of drug-likeness (QED) is 0.299. The van der Waals surface area contributed by atoms with Gasteiger partial charge in [0.25, 0.3) is 11.5 Å². The SMILES string of the molecule is C#CCOc1ccccc1/C=c1/sc2n(c1=O)[C@@H](c1c(OC)ccc3ccccc13)C(C(=O)N(CC)CC)=C(C)N=2. The van der Waals surface area contributed by atoms with Gasteiger partial charge in [0, 0.05) is 24.2 Å². The number of carbonyl (C=O) groups is 1. The number of thiazole rings is 1. The van der Waals surface area contributed by atoms with Gasteiger partial charge in [-0.1, -0.05) is 65.8 Å². The highest BCUT2D eigenvalue weighted by atomic mass is 32.1. The number of terminal acetylenes is 1. The number of benzene rings is 3. The average molecular weight is 566 g/mol. The van der Waals surface area contributed by atoms with Crippen molar-refractivity contribution in [3.8, 4) is 23.8 Å². The summed E-state index contributed by atoms with van der Waals surface area (Å²) in [5.74, 6) is 3.50. The number of likely N-dealkylation sites (N-methyl/N-ethyl adjacent to an activating group) is 1. The highest BCUT2D eigenvalue weighted by molar-refractivity contribution is 7.07. The summed E-state index contributed by atoms with van der Waals surface area (Å²) in [4.78, 5) is 35.4. The third kappa shape index (κ3) is 5.05. The van der Waals surface area contributed by atoms with Crippen LogP contribution in [0.15, 0.2) is 81.7 Å². The molecule has 4 aromatic rings. The number of allylic oxidation sites excluding steroid dienone is 1. The molecule has 1 aliphatic heterocycles. The van der Waals surface area contributed by atoms with E-state index in [1.165, 1.54) is 11.3 Å². The molecule has 1 aromatic heterocycles. The number of para-hydroxylation sites is 1. The Kier molecular flexibility index (Phi) is 8.09. The van der Waals surface area contributed by atoms with Crippen molar-refractivity contribution in [1.82, 2.24) is 9.47 Å². The third-order valence-electron chi connectivity index (χ3n) is 7.24. The second kappa shape index (κ2) is 11.9. The molecule has 3 aromatic carbocycles. The lowest BCUT2D eigenvalue weighted by Gasteiger charge is -2.30. The molecule has 1 atom stereocenters. The maximum Gasteiger partial charge on any atom is 0.271 e. The lowest BCUT2D eigenvalue weighted by atomic mass is 9.90. The van der Waals surface area contributed by atoms with Crippen LogP contribution < -0.4 is 24.4 Å². The van der Waals surface area contributed by atoms with Gasteiger partial charge >= 0.3 is 0 Å². The van der Waals surface area contributed by atoms with E-state index in [4.69, 9.17) is 20.9 Å². The molecule has 0 N–H and O–H groups in total. The summed E-state index contributed by atoms with van der Waals surface area (Å²) in [5, 5.41) is 1.88. The minimum absolute atomic E-state index is 0.114. The van der Waals surface area contributed by atoms with Crippen LogP contribution in [0.4, 0.5) is 0 Å². The molecule has 0 fully saturated rings. The van der Waals surface area contributed by atoms with Crippen LogP contribution in [0.25, 0.3) is 16.8 Å². The molecule has 8 heteroatoms. The zero-order valence-electron chi connectivity index (χ0n) is 23.5. The van der Waals surface area contributed by atoms with Gasteiger partial charge in [-0.3, -0.25) is 14.2 Å². The van der Waals surface area contributed by atoms with Gasteiger partial charge in [-0.15, -0.1) is 6.42 Å². The van der Waals surface area contributed by atoms with Gasteiger partial charge in [-0.05, 0) is 49.8 Å². The van der Waals surface area contributed by atoms with Gasteiger partial charge in [0.05, 0.1) is 22.9 Å². The first-order chi connectivity index (χ1) is 19.9. The molecule has 2 heterocycles. The number of rotatable bonds is 8. The Morgan fingerprint density at radius 1 is 1.10 bits per heavy atom. The highest BCUT2D eigenvalue weighted by Gasteiger charge is 2.36. The maximum atomic E-state index is 14.3. The van der Waals surface area contributed by atoms with Gasteiger partial charge in [0.2, 0.25) is 0 Å². The number of fused-ring (bicyclic) bond motifs is 2. The van der Waals surface area contributed by atoms with E-state index >= 15 is 0 Å². The first-order valence-corrected chi connectivity index (χ1v) is 14.3. The number of methoxy groups -OCH3 is 1. The third-order valence-corrected chi connectivity index (χ3v) is 8.23. The van der Waals surface area contributed by atoms with Crippen molar-refractivity contribution in [1.29, 1.82) is 0 Å². The summed E-state index contributed by atoms with van der Waals surface area (Å²) in [6.07, 6.45) is 7.19. The second-order valence-corrected chi connectivity index (χ2v) is 10.5. The summed E-state index contributed by atoms with van der Waals surface area (Å²) in [6.45, 7) is 6.90. The molecule has 0 radical (unpaired) electrons. The number of aromatic nitrogens is 1. The fraction of sp³-hybridized carbons (Fsp3) is 0.242. The van der Waals surface area contributed by atoms with Crippen molar-refractivity contribution in [2.75, 3.05) is 26.8 Å². The number of amides is 1.